The quantitative estimate of drug-likeness (QED) is 0.780. The van der Waals surface area contributed by atoms with Gasteiger partial charge in [0.1, 0.15) is 0 Å². The molecule has 1 aromatic heterocycles. The number of carbonyl (C=O) groups is 1. The van der Waals surface area contributed by atoms with Gasteiger partial charge in [-0.3, -0.25) is 4.79 Å². The van der Waals surface area contributed by atoms with Gasteiger partial charge >= 0.3 is 0 Å². The molecule has 1 heterocycles. The average Bonchev–Trinajstić information content (AvgIpc) is 2.65. The number of aryl methyl sites for hydroxylation is 1. The van der Waals surface area contributed by atoms with Gasteiger partial charge in [0.15, 0.2) is 0 Å². The molecule has 2 unspecified atom stereocenters. The van der Waals surface area contributed by atoms with Gasteiger partial charge in [0.2, 0.25) is 5.91 Å². The van der Waals surface area contributed by atoms with Gasteiger partial charge in [-0.25, -0.2) is 0 Å². The molecule has 0 fully saturated rings. The summed E-state index contributed by atoms with van der Waals surface area (Å²) in [6.45, 7) is 3.97. The third-order valence-electron chi connectivity index (χ3n) is 2.22. The molecule has 16 heavy (non-hydrogen) atoms. The fourth-order valence-corrected chi connectivity index (χ4v) is 2.18. The number of hydrogen-bond donors (Lipinski definition) is 2. The van der Waals surface area contributed by atoms with Gasteiger partial charge in [-0.05, 0) is 26.0 Å². The topological polar surface area (TPSA) is 55.1 Å². The zero-order chi connectivity index (χ0) is 12.1. The van der Waals surface area contributed by atoms with Crippen LogP contribution in [0.2, 0.25) is 0 Å². The van der Waals surface area contributed by atoms with E-state index in [2.05, 4.69) is 11.2 Å². The van der Waals surface area contributed by atoms with Crippen LogP contribution >= 0.6 is 11.3 Å². The fourth-order valence-electron chi connectivity index (χ4n) is 1.30. The number of carbonyl (C=O) groups excluding carboxylic acids is 1. The van der Waals surface area contributed by atoms with Crippen molar-refractivity contribution in [2.45, 2.75) is 32.4 Å². The molecule has 1 amide bonds. The predicted octanol–water partition coefficient (Wildman–Crippen LogP) is 1.58. The van der Waals surface area contributed by atoms with Crippen LogP contribution in [0, 0.1) is 19.3 Å². The molecule has 0 aromatic carbocycles. The van der Waals surface area contributed by atoms with Crippen molar-refractivity contribution in [1.82, 2.24) is 5.32 Å². The highest BCUT2D eigenvalue weighted by Gasteiger charge is 2.16. The van der Waals surface area contributed by atoms with Crippen molar-refractivity contribution in [1.29, 1.82) is 0 Å². The zero-order valence-electron chi connectivity index (χ0n) is 9.49. The van der Waals surface area contributed by atoms with Gasteiger partial charge in [-0.15, -0.1) is 23.7 Å². The highest BCUT2D eigenvalue weighted by atomic mass is 32.1. The molecule has 0 aliphatic heterocycles. The minimum Gasteiger partial charge on any atom is -0.347 e. The Labute approximate surface area is 100 Å². The Kier molecular flexibility index (Phi) is 4.53. The van der Waals surface area contributed by atoms with Gasteiger partial charge in [-0.2, -0.15) is 0 Å². The van der Waals surface area contributed by atoms with Crippen molar-refractivity contribution in [3.8, 4) is 12.3 Å². The Balaban J connectivity index is 2.55. The largest absolute Gasteiger partial charge is 0.347 e. The first-order valence-electron chi connectivity index (χ1n) is 5.10. The van der Waals surface area contributed by atoms with Gasteiger partial charge in [-0.1, -0.05) is 0 Å². The number of terminal acetylenes is 1. The van der Waals surface area contributed by atoms with E-state index < -0.39 is 6.04 Å². The van der Waals surface area contributed by atoms with Crippen molar-refractivity contribution in [2.75, 3.05) is 0 Å². The monoisotopic (exact) mass is 236 g/mol. The van der Waals surface area contributed by atoms with Crippen LogP contribution in [0.5, 0.6) is 0 Å². The molecule has 0 aliphatic carbocycles. The first-order valence-corrected chi connectivity index (χ1v) is 5.92. The molecule has 1 rings (SSSR count). The third kappa shape index (κ3) is 3.37. The molecule has 0 radical (unpaired) electrons. The maximum absolute atomic E-state index is 11.6. The molecule has 1 aromatic rings. The molecule has 3 N–H and O–H groups in total. The van der Waals surface area contributed by atoms with E-state index in [1.807, 2.05) is 26.0 Å². The lowest BCUT2D eigenvalue weighted by atomic mass is 10.2. The van der Waals surface area contributed by atoms with Crippen LogP contribution in [-0.2, 0) is 4.79 Å². The van der Waals surface area contributed by atoms with E-state index in [1.54, 1.807) is 11.3 Å². The van der Waals surface area contributed by atoms with Crippen LogP contribution in [0.15, 0.2) is 12.1 Å². The Bertz CT molecular complexity index is 405. The molecule has 0 aliphatic rings. The second-order valence-corrected chi connectivity index (χ2v) is 5.01. The van der Waals surface area contributed by atoms with E-state index in [9.17, 15) is 4.79 Å². The highest BCUT2D eigenvalue weighted by molar-refractivity contribution is 7.12. The summed E-state index contributed by atoms with van der Waals surface area (Å²) in [5.41, 5.74) is 5.61. The summed E-state index contributed by atoms with van der Waals surface area (Å²) < 4.78 is 0. The van der Waals surface area contributed by atoms with Crippen molar-refractivity contribution in [3.63, 3.8) is 0 Å². The molecule has 4 heteroatoms. The summed E-state index contributed by atoms with van der Waals surface area (Å²) in [6.07, 6.45) is 5.37. The van der Waals surface area contributed by atoms with E-state index in [4.69, 9.17) is 12.2 Å². The van der Waals surface area contributed by atoms with E-state index in [0.29, 0.717) is 0 Å². The number of thiophene rings is 1. The molecule has 0 bridgehead atoms. The van der Waals surface area contributed by atoms with E-state index in [0.717, 1.165) is 4.88 Å². The minimum atomic E-state index is -0.617. The van der Waals surface area contributed by atoms with Gasteiger partial charge < -0.3 is 11.1 Å². The number of nitrogens with one attached hydrogen (secondary N) is 1. The Morgan fingerprint density at radius 3 is 2.88 bits per heavy atom. The summed E-state index contributed by atoms with van der Waals surface area (Å²) in [5, 5.41) is 2.84. The number of amides is 1. The molecular formula is C12H16N2OS. The second kappa shape index (κ2) is 5.69. The van der Waals surface area contributed by atoms with Crippen LogP contribution in [0.1, 0.15) is 29.1 Å². The fraction of sp³-hybridized carbons (Fsp3) is 0.417. The van der Waals surface area contributed by atoms with Crippen LogP contribution in [-0.4, -0.2) is 11.9 Å². The summed E-state index contributed by atoms with van der Waals surface area (Å²) in [5.74, 6) is 2.18. The summed E-state index contributed by atoms with van der Waals surface area (Å²) in [4.78, 5) is 13.9. The maximum atomic E-state index is 11.6. The number of rotatable bonds is 4. The predicted molar refractivity (Wildman–Crippen MR) is 67.0 cm³/mol. The zero-order valence-corrected chi connectivity index (χ0v) is 10.3. The SMILES string of the molecule is C#CCC(N)C(=O)NC(C)c1ccc(C)s1. The van der Waals surface area contributed by atoms with Crippen LogP contribution in [0.25, 0.3) is 0 Å². The normalized spacial score (nSPS) is 13.9. The van der Waals surface area contributed by atoms with Crippen molar-refractivity contribution in [3.05, 3.63) is 21.9 Å². The lowest BCUT2D eigenvalue weighted by molar-refractivity contribution is -0.122. The summed E-state index contributed by atoms with van der Waals surface area (Å²) >= 11 is 1.67. The number of hydrogen-bond acceptors (Lipinski definition) is 3. The average molecular weight is 236 g/mol. The van der Waals surface area contributed by atoms with E-state index >= 15 is 0 Å². The molecule has 0 spiro atoms. The number of nitrogens with two attached hydrogens (primary N) is 1. The lowest BCUT2D eigenvalue weighted by Gasteiger charge is -2.15. The second-order valence-electron chi connectivity index (χ2n) is 3.69. The van der Waals surface area contributed by atoms with Crippen molar-refractivity contribution >= 4 is 17.2 Å². The van der Waals surface area contributed by atoms with Crippen molar-refractivity contribution < 1.29 is 4.79 Å². The standard InChI is InChI=1S/C12H16N2OS/c1-4-5-10(13)12(15)14-9(3)11-7-6-8(2)16-11/h1,6-7,9-10H,5,13H2,2-3H3,(H,14,15). The smallest absolute Gasteiger partial charge is 0.238 e. The summed E-state index contributed by atoms with van der Waals surface area (Å²) in [7, 11) is 0. The first-order chi connectivity index (χ1) is 7.54. The van der Waals surface area contributed by atoms with Crippen molar-refractivity contribution in [2.24, 2.45) is 5.73 Å². The maximum Gasteiger partial charge on any atom is 0.238 e. The molecule has 0 saturated carbocycles. The van der Waals surface area contributed by atoms with Crippen LogP contribution < -0.4 is 11.1 Å². The third-order valence-corrected chi connectivity index (χ3v) is 3.40. The molecule has 86 valence electrons. The summed E-state index contributed by atoms with van der Waals surface area (Å²) in [6, 6.07) is 3.41. The lowest BCUT2D eigenvalue weighted by Crippen LogP contribution is -2.41. The van der Waals surface area contributed by atoms with Crippen LogP contribution in [0.3, 0.4) is 0 Å². The van der Waals surface area contributed by atoms with Gasteiger partial charge in [0.25, 0.3) is 0 Å². The highest BCUT2D eigenvalue weighted by Crippen LogP contribution is 2.22. The van der Waals surface area contributed by atoms with Crippen LogP contribution in [0.4, 0.5) is 0 Å². The van der Waals surface area contributed by atoms with E-state index in [-0.39, 0.29) is 18.4 Å². The molecule has 2 atom stereocenters. The van der Waals surface area contributed by atoms with E-state index in [1.165, 1.54) is 4.88 Å². The Hall–Kier alpha value is -1.31. The first kappa shape index (κ1) is 12.8. The van der Waals surface area contributed by atoms with Gasteiger partial charge in [0.05, 0.1) is 12.1 Å². The molecule has 0 saturated heterocycles. The Morgan fingerprint density at radius 2 is 2.38 bits per heavy atom. The molecule has 3 nitrogen and oxygen atoms in total. The minimum absolute atomic E-state index is 0.0185. The Morgan fingerprint density at radius 1 is 1.69 bits per heavy atom. The molecular weight excluding hydrogens is 220 g/mol. The van der Waals surface area contributed by atoms with Gasteiger partial charge in [0, 0.05) is 16.2 Å².